The number of benzene rings is 1. The number of aromatic nitrogens is 1. The quantitative estimate of drug-likeness (QED) is 0.853. The van der Waals surface area contributed by atoms with Gasteiger partial charge in [-0.25, -0.2) is 13.4 Å². The van der Waals surface area contributed by atoms with Crippen LogP contribution in [0.5, 0.6) is 0 Å². The molecule has 1 heterocycles. The van der Waals surface area contributed by atoms with Gasteiger partial charge in [0, 0.05) is 18.3 Å². The molecule has 0 saturated carbocycles. The summed E-state index contributed by atoms with van der Waals surface area (Å²) in [5.41, 5.74) is 1.47. The first kappa shape index (κ1) is 18.6. The lowest BCUT2D eigenvalue weighted by molar-refractivity contribution is 0.0951. The number of carbonyl (C=O) groups is 1. The number of hydrogen-bond acceptors (Lipinski definition) is 5. The van der Waals surface area contributed by atoms with Crippen molar-refractivity contribution in [1.29, 1.82) is 0 Å². The van der Waals surface area contributed by atoms with E-state index in [0.29, 0.717) is 12.1 Å². The number of rotatable bonds is 6. The Kier molecular flexibility index (Phi) is 5.77. The highest BCUT2D eigenvalue weighted by Crippen LogP contribution is 2.16. The maximum Gasteiger partial charge on any atom is 0.270 e. The highest BCUT2D eigenvalue weighted by Gasteiger charge is 2.28. The van der Waals surface area contributed by atoms with Crippen LogP contribution in [0.2, 0.25) is 0 Å². The van der Waals surface area contributed by atoms with E-state index in [1.54, 1.807) is 26.2 Å². The largest absolute Gasteiger partial charge is 0.350 e. The number of nitrogens with zero attached hydrogens (tertiary/aromatic N) is 1. The van der Waals surface area contributed by atoms with Crippen molar-refractivity contribution in [2.45, 2.75) is 31.9 Å². The molecule has 0 saturated heterocycles. The maximum atomic E-state index is 12.1. The molecule has 2 rings (SSSR count). The van der Waals surface area contributed by atoms with Crippen LogP contribution in [0.4, 0.5) is 0 Å². The van der Waals surface area contributed by atoms with E-state index in [0.717, 1.165) is 10.6 Å². The third-order valence-electron chi connectivity index (χ3n) is 3.57. The zero-order valence-electron chi connectivity index (χ0n) is 14.1. The lowest BCUT2D eigenvalue weighted by atomic mass is 10.2. The highest BCUT2D eigenvalue weighted by molar-refractivity contribution is 7.92. The highest BCUT2D eigenvalue weighted by atomic mass is 32.2. The van der Waals surface area contributed by atoms with Gasteiger partial charge >= 0.3 is 0 Å². The van der Waals surface area contributed by atoms with Gasteiger partial charge in [0.1, 0.15) is 5.69 Å². The third kappa shape index (κ3) is 4.88. The Morgan fingerprint density at radius 3 is 2.50 bits per heavy atom. The second kappa shape index (κ2) is 7.44. The van der Waals surface area contributed by atoms with Crippen LogP contribution in [0.3, 0.4) is 0 Å². The summed E-state index contributed by atoms with van der Waals surface area (Å²) in [6.45, 7) is 5.05. The molecule has 1 aromatic heterocycles. The summed E-state index contributed by atoms with van der Waals surface area (Å²) in [6, 6.07) is 9.91. The first-order valence-electron chi connectivity index (χ1n) is 7.68. The SMILES string of the molecule is CC(C)(C)S(=O)(=O)CCNC(=O)c1csc(Cc2ccccc2)n1. The Morgan fingerprint density at radius 2 is 1.88 bits per heavy atom. The van der Waals surface area contributed by atoms with Crippen molar-refractivity contribution < 1.29 is 13.2 Å². The standard InChI is InChI=1S/C17H22N2O3S2/c1-17(2,3)24(21,22)10-9-18-16(20)14-12-23-15(19-14)11-13-7-5-4-6-8-13/h4-8,12H,9-11H2,1-3H3,(H,18,20). The van der Waals surface area contributed by atoms with E-state index in [1.807, 2.05) is 30.3 Å². The van der Waals surface area contributed by atoms with E-state index in [4.69, 9.17) is 0 Å². The lowest BCUT2D eigenvalue weighted by Gasteiger charge is -2.18. The zero-order valence-corrected chi connectivity index (χ0v) is 15.7. The Labute approximate surface area is 147 Å². The molecule has 0 spiro atoms. The van der Waals surface area contributed by atoms with Gasteiger partial charge in [0.2, 0.25) is 0 Å². The Balaban J connectivity index is 1.90. The second-order valence-corrected chi connectivity index (χ2v) is 10.3. The van der Waals surface area contributed by atoms with Crippen molar-refractivity contribution in [2.75, 3.05) is 12.3 Å². The van der Waals surface area contributed by atoms with Gasteiger partial charge in [-0.3, -0.25) is 4.79 Å². The Bertz CT molecular complexity index is 791. The van der Waals surface area contributed by atoms with Gasteiger partial charge in [-0.05, 0) is 26.3 Å². The number of nitrogens with one attached hydrogen (secondary N) is 1. The molecule has 0 aliphatic rings. The van der Waals surface area contributed by atoms with Crippen LogP contribution in [0.15, 0.2) is 35.7 Å². The summed E-state index contributed by atoms with van der Waals surface area (Å²) in [4.78, 5) is 16.4. The lowest BCUT2D eigenvalue weighted by Crippen LogP contribution is -2.36. The van der Waals surface area contributed by atoms with Gasteiger partial charge in [-0.15, -0.1) is 11.3 Å². The molecular weight excluding hydrogens is 344 g/mol. The van der Waals surface area contributed by atoms with Crippen LogP contribution in [0.25, 0.3) is 0 Å². The first-order chi connectivity index (χ1) is 11.2. The summed E-state index contributed by atoms with van der Waals surface area (Å²) in [6.07, 6.45) is 0.678. The van der Waals surface area contributed by atoms with Crippen LogP contribution in [-0.2, 0) is 16.3 Å². The van der Waals surface area contributed by atoms with Crippen molar-refractivity contribution in [1.82, 2.24) is 10.3 Å². The normalized spacial score (nSPS) is 12.1. The smallest absolute Gasteiger partial charge is 0.270 e. The molecule has 7 heteroatoms. The van der Waals surface area contributed by atoms with Crippen molar-refractivity contribution in [3.8, 4) is 0 Å². The molecule has 1 N–H and O–H groups in total. The molecular formula is C17H22N2O3S2. The molecule has 1 amide bonds. The molecule has 2 aromatic rings. The van der Waals surface area contributed by atoms with Gasteiger partial charge in [0.25, 0.3) is 5.91 Å². The fourth-order valence-corrected chi connectivity index (χ4v) is 3.75. The van der Waals surface area contributed by atoms with Crippen molar-refractivity contribution in [2.24, 2.45) is 0 Å². The maximum absolute atomic E-state index is 12.1. The van der Waals surface area contributed by atoms with Gasteiger partial charge < -0.3 is 5.32 Å². The molecule has 1 aromatic carbocycles. The molecule has 0 atom stereocenters. The van der Waals surface area contributed by atoms with E-state index < -0.39 is 14.6 Å². The fraction of sp³-hybridized carbons (Fsp3) is 0.412. The average Bonchev–Trinajstić information content (AvgIpc) is 2.95. The van der Waals surface area contributed by atoms with Crippen LogP contribution in [0, 0.1) is 0 Å². The molecule has 5 nitrogen and oxygen atoms in total. The first-order valence-corrected chi connectivity index (χ1v) is 10.2. The van der Waals surface area contributed by atoms with E-state index in [1.165, 1.54) is 11.3 Å². The molecule has 0 radical (unpaired) electrons. The molecule has 130 valence electrons. The Hall–Kier alpha value is -1.73. The van der Waals surface area contributed by atoms with Crippen LogP contribution in [0.1, 0.15) is 41.8 Å². The minimum atomic E-state index is -3.24. The minimum absolute atomic E-state index is 0.0801. The molecule has 24 heavy (non-hydrogen) atoms. The summed E-state index contributed by atoms with van der Waals surface area (Å²) in [5, 5.41) is 5.19. The molecule has 0 bridgehead atoms. The molecule has 0 aliphatic carbocycles. The van der Waals surface area contributed by atoms with E-state index in [2.05, 4.69) is 10.3 Å². The summed E-state index contributed by atoms with van der Waals surface area (Å²) in [5.74, 6) is -0.418. The molecule has 0 unspecified atom stereocenters. The van der Waals surface area contributed by atoms with Gasteiger partial charge in [0.05, 0.1) is 15.5 Å². The second-order valence-electron chi connectivity index (χ2n) is 6.48. The number of amides is 1. The third-order valence-corrected chi connectivity index (χ3v) is 7.03. The van der Waals surface area contributed by atoms with Gasteiger partial charge in [-0.1, -0.05) is 30.3 Å². The minimum Gasteiger partial charge on any atom is -0.350 e. The van der Waals surface area contributed by atoms with Gasteiger partial charge in [0.15, 0.2) is 9.84 Å². The summed E-state index contributed by atoms with van der Waals surface area (Å²) in [7, 11) is -3.24. The zero-order chi connectivity index (χ0) is 17.8. The Morgan fingerprint density at radius 1 is 1.21 bits per heavy atom. The number of thiazole rings is 1. The topological polar surface area (TPSA) is 76.1 Å². The van der Waals surface area contributed by atoms with Crippen LogP contribution < -0.4 is 5.32 Å². The average molecular weight is 367 g/mol. The van der Waals surface area contributed by atoms with Crippen molar-refractivity contribution in [3.63, 3.8) is 0 Å². The van der Waals surface area contributed by atoms with Crippen molar-refractivity contribution >= 4 is 27.1 Å². The van der Waals surface area contributed by atoms with E-state index >= 15 is 0 Å². The summed E-state index contributed by atoms with van der Waals surface area (Å²) >= 11 is 1.43. The predicted molar refractivity (Wildman–Crippen MR) is 97.2 cm³/mol. The van der Waals surface area contributed by atoms with Crippen LogP contribution >= 0.6 is 11.3 Å². The molecule has 0 fully saturated rings. The van der Waals surface area contributed by atoms with Crippen LogP contribution in [-0.4, -0.2) is 36.4 Å². The van der Waals surface area contributed by atoms with E-state index in [9.17, 15) is 13.2 Å². The van der Waals surface area contributed by atoms with E-state index in [-0.39, 0.29) is 18.2 Å². The molecule has 0 aliphatic heterocycles. The number of carbonyl (C=O) groups excluding carboxylic acids is 1. The summed E-state index contributed by atoms with van der Waals surface area (Å²) < 4.78 is 23.2. The fourth-order valence-electron chi connectivity index (χ4n) is 1.96. The number of sulfone groups is 1. The number of hydrogen-bond donors (Lipinski definition) is 1. The monoisotopic (exact) mass is 366 g/mol. The van der Waals surface area contributed by atoms with Crippen molar-refractivity contribution in [3.05, 3.63) is 52.0 Å². The van der Waals surface area contributed by atoms with Gasteiger partial charge in [-0.2, -0.15) is 0 Å². The predicted octanol–water partition coefficient (Wildman–Crippen LogP) is 2.68.